The highest BCUT2D eigenvalue weighted by Crippen LogP contribution is 2.30. The molecular weight excluding hydrogens is 315 g/mol. The molecule has 1 unspecified atom stereocenters. The standard InChI is InChI=1S/C11H14F3NO5S/c1-15(6-8(17)7-16)21(18,19)10-5-3-2-4-9(10)20-11(12,13)14/h2-5,8,16-17H,6-7H2,1H3. The first kappa shape index (κ1) is 17.7. The largest absolute Gasteiger partial charge is 0.573 e. The van der Waals surface area contributed by atoms with Crippen molar-refractivity contribution in [2.24, 2.45) is 0 Å². The maximum Gasteiger partial charge on any atom is 0.573 e. The molecule has 1 aromatic rings. The molecule has 2 N–H and O–H groups in total. The van der Waals surface area contributed by atoms with E-state index < -0.39 is 46.3 Å². The van der Waals surface area contributed by atoms with Crippen LogP contribution in [0.4, 0.5) is 13.2 Å². The van der Waals surface area contributed by atoms with E-state index in [1.54, 1.807) is 0 Å². The Kier molecular flexibility index (Phi) is 5.56. The highest BCUT2D eigenvalue weighted by Gasteiger charge is 2.35. The molecule has 0 radical (unpaired) electrons. The Morgan fingerprint density at radius 3 is 2.43 bits per heavy atom. The van der Waals surface area contributed by atoms with Crippen LogP contribution in [0.5, 0.6) is 5.75 Å². The van der Waals surface area contributed by atoms with Crippen molar-refractivity contribution in [1.29, 1.82) is 0 Å². The second kappa shape index (κ2) is 6.60. The van der Waals surface area contributed by atoms with Crippen LogP contribution in [0, 0.1) is 0 Å². The Morgan fingerprint density at radius 2 is 1.90 bits per heavy atom. The molecule has 0 fully saturated rings. The SMILES string of the molecule is CN(CC(O)CO)S(=O)(=O)c1ccccc1OC(F)(F)F. The van der Waals surface area contributed by atoms with Crippen molar-refractivity contribution in [3.8, 4) is 5.75 Å². The summed E-state index contributed by atoms with van der Waals surface area (Å²) < 4.78 is 65.5. The minimum Gasteiger partial charge on any atom is -0.404 e. The lowest BCUT2D eigenvalue weighted by Gasteiger charge is -2.21. The molecule has 10 heteroatoms. The van der Waals surface area contributed by atoms with Gasteiger partial charge in [-0.05, 0) is 12.1 Å². The summed E-state index contributed by atoms with van der Waals surface area (Å²) in [6, 6.07) is 4.27. The molecule has 0 aliphatic carbocycles. The second-order valence-electron chi connectivity index (χ2n) is 4.12. The molecule has 0 aliphatic heterocycles. The van der Waals surface area contributed by atoms with Crippen molar-refractivity contribution in [2.75, 3.05) is 20.2 Å². The zero-order chi connectivity index (χ0) is 16.3. The van der Waals surface area contributed by atoms with Crippen LogP contribution in [0.2, 0.25) is 0 Å². The number of hydrogen-bond acceptors (Lipinski definition) is 5. The Morgan fingerprint density at radius 1 is 1.33 bits per heavy atom. The van der Waals surface area contributed by atoms with Gasteiger partial charge in [0.1, 0.15) is 10.6 Å². The summed E-state index contributed by atoms with van der Waals surface area (Å²) in [6.07, 6.45) is -6.38. The second-order valence-corrected chi connectivity index (χ2v) is 6.13. The van der Waals surface area contributed by atoms with Crippen molar-refractivity contribution in [3.05, 3.63) is 24.3 Å². The molecule has 0 spiro atoms. The van der Waals surface area contributed by atoms with Crippen LogP contribution in [0.15, 0.2) is 29.2 Å². The van der Waals surface area contributed by atoms with Crippen LogP contribution in [0.1, 0.15) is 0 Å². The molecule has 1 atom stereocenters. The van der Waals surface area contributed by atoms with Gasteiger partial charge in [-0.15, -0.1) is 13.2 Å². The number of para-hydroxylation sites is 1. The highest BCUT2D eigenvalue weighted by atomic mass is 32.2. The maximum absolute atomic E-state index is 12.3. The van der Waals surface area contributed by atoms with Gasteiger partial charge in [-0.3, -0.25) is 0 Å². The number of rotatable bonds is 6. The average molecular weight is 329 g/mol. The fourth-order valence-electron chi connectivity index (χ4n) is 1.49. The number of alkyl halides is 3. The molecule has 120 valence electrons. The van der Waals surface area contributed by atoms with Crippen molar-refractivity contribution in [3.63, 3.8) is 0 Å². The van der Waals surface area contributed by atoms with Crippen molar-refractivity contribution >= 4 is 10.0 Å². The van der Waals surface area contributed by atoms with Gasteiger partial charge in [0.15, 0.2) is 0 Å². The Hall–Kier alpha value is -1.36. The van der Waals surface area contributed by atoms with E-state index in [1.165, 1.54) is 12.1 Å². The third-order valence-electron chi connectivity index (χ3n) is 2.44. The van der Waals surface area contributed by atoms with Crippen molar-refractivity contribution in [1.82, 2.24) is 4.31 Å². The molecule has 0 saturated heterocycles. The molecule has 0 aromatic heterocycles. The minimum atomic E-state index is -5.03. The van der Waals surface area contributed by atoms with E-state index in [9.17, 15) is 26.7 Å². The Bertz CT molecular complexity index is 575. The normalized spacial score (nSPS) is 14.2. The zero-order valence-electron chi connectivity index (χ0n) is 10.9. The number of hydrogen-bond donors (Lipinski definition) is 2. The molecule has 0 aliphatic rings. The van der Waals surface area contributed by atoms with Gasteiger partial charge < -0.3 is 14.9 Å². The molecule has 0 saturated carbocycles. The van der Waals surface area contributed by atoms with Crippen LogP contribution in [-0.2, 0) is 10.0 Å². The van der Waals surface area contributed by atoms with Gasteiger partial charge in [0.2, 0.25) is 10.0 Å². The number of aliphatic hydroxyl groups is 2. The first-order chi connectivity index (χ1) is 9.58. The molecule has 6 nitrogen and oxygen atoms in total. The highest BCUT2D eigenvalue weighted by molar-refractivity contribution is 7.89. The molecule has 0 amide bonds. The molecular formula is C11H14F3NO5S. The lowest BCUT2D eigenvalue weighted by atomic mass is 10.3. The summed E-state index contributed by atoms with van der Waals surface area (Å²) in [6.45, 7) is -1.15. The quantitative estimate of drug-likeness (QED) is 0.796. The summed E-state index contributed by atoms with van der Waals surface area (Å²) in [5, 5.41) is 17.9. The van der Waals surface area contributed by atoms with Gasteiger partial charge in [-0.2, -0.15) is 4.31 Å². The number of sulfonamides is 1. The lowest BCUT2D eigenvalue weighted by Crippen LogP contribution is -2.36. The van der Waals surface area contributed by atoms with E-state index in [2.05, 4.69) is 4.74 Å². The third-order valence-corrected chi connectivity index (χ3v) is 4.30. The molecule has 0 heterocycles. The van der Waals surface area contributed by atoms with Crippen LogP contribution in [0.3, 0.4) is 0 Å². The van der Waals surface area contributed by atoms with E-state index in [0.29, 0.717) is 4.31 Å². The monoisotopic (exact) mass is 329 g/mol. The number of halogens is 3. The number of aliphatic hydroxyl groups excluding tert-OH is 2. The molecule has 21 heavy (non-hydrogen) atoms. The van der Waals surface area contributed by atoms with Gasteiger partial charge in [-0.1, -0.05) is 12.1 Å². The number of nitrogens with zero attached hydrogens (tertiary/aromatic N) is 1. The summed E-state index contributed by atoms with van der Waals surface area (Å²) in [7, 11) is -3.24. The van der Waals surface area contributed by atoms with Crippen molar-refractivity contribution < 1.29 is 36.5 Å². The van der Waals surface area contributed by atoms with Gasteiger partial charge in [0.25, 0.3) is 0 Å². The number of benzene rings is 1. The van der Waals surface area contributed by atoms with Gasteiger partial charge in [0.05, 0.1) is 12.7 Å². The van der Waals surface area contributed by atoms with E-state index in [4.69, 9.17) is 5.11 Å². The van der Waals surface area contributed by atoms with Crippen LogP contribution >= 0.6 is 0 Å². The number of ether oxygens (including phenoxy) is 1. The fourth-order valence-corrected chi connectivity index (χ4v) is 2.81. The lowest BCUT2D eigenvalue weighted by molar-refractivity contribution is -0.275. The predicted octanol–water partition coefficient (Wildman–Crippen LogP) is 0.559. The Balaban J connectivity index is 3.14. The van der Waals surface area contributed by atoms with Gasteiger partial charge in [-0.25, -0.2) is 8.42 Å². The smallest absolute Gasteiger partial charge is 0.404 e. The topological polar surface area (TPSA) is 87.1 Å². The van der Waals surface area contributed by atoms with Crippen LogP contribution < -0.4 is 4.74 Å². The van der Waals surface area contributed by atoms with Crippen LogP contribution in [-0.4, -0.2) is 55.6 Å². The molecule has 1 aromatic carbocycles. The summed E-state index contributed by atoms with van der Waals surface area (Å²) in [4.78, 5) is -0.685. The number of likely N-dealkylation sites (N-methyl/N-ethyl adjacent to an activating group) is 1. The maximum atomic E-state index is 12.3. The molecule has 1 rings (SSSR count). The first-order valence-electron chi connectivity index (χ1n) is 5.68. The molecule has 0 bridgehead atoms. The summed E-state index contributed by atoms with van der Waals surface area (Å²) >= 11 is 0. The van der Waals surface area contributed by atoms with E-state index in [-0.39, 0.29) is 0 Å². The van der Waals surface area contributed by atoms with Gasteiger partial charge >= 0.3 is 6.36 Å². The van der Waals surface area contributed by atoms with Gasteiger partial charge in [0, 0.05) is 13.6 Å². The first-order valence-corrected chi connectivity index (χ1v) is 7.12. The van der Waals surface area contributed by atoms with Crippen molar-refractivity contribution in [2.45, 2.75) is 17.4 Å². The van der Waals surface area contributed by atoms with Crippen LogP contribution in [0.25, 0.3) is 0 Å². The van der Waals surface area contributed by atoms with E-state index >= 15 is 0 Å². The minimum absolute atomic E-state index is 0.473. The summed E-state index contributed by atoms with van der Waals surface area (Å²) in [5.74, 6) is -0.865. The Labute approximate surface area is 119 Å². The van der Waals surface area contributed by atoms with E-state index in [0.717, 1.165) is 19.2 Å². The third kappa shape index (κ3) is 4.84. The zero-order valence-corrected chi connectivity index (χ0v) is 11.7. The van der Waals surface area contributed by atoms with E-state index in [1.807, 2.05) is 0 Å². The average Bonchev–Trinajstić information content (AvgIpc) is 2.36. The predicted molar refractivity (Wildman–Crippen MR) is 66.0 cm³/mol. The fraction of sp³-hybridized carbons (Fsp3) is 0.455. The summed E-state index contributed by atoms with van der Waals surface area (Å²) in [5.41, 5.74) is 0.